The van der Waals surface area contributed by atoms with Crippen molar-refractivity contribution in [1.29, 1.82) is 0 Å². The zero-order valence-electron chi connectivity index (χ0n) is 9.62. The van der Waals surface area contributed by atoms with Crippen LogP contribution < -0.4 is 0 Å². The summed E-state index contributed by atoms with van der Waals surface area (Å²) in [5.41, 5.74) is 0.961. The first-order valence-electron chi connectivity index (χ1n) is 7.38. The van der Waals surface area contributed by atoms with E-state index in [-0.39, 0.29) is 0 Å². The Morgan fingerprint density at radius 1 is 0.800 bits per heavy atom. The van der Waals surface area contributed by atoms with Crippen molar-refractivity contribution >= 4 is 0 Å². The molecule has 0 heterocycles. The van der Waals surface area contributed by atoms with Gasteiger partial charge in [-0.15, -0.1) is 0 Å². The molecule has 0 radical (unpaired) electrons. The minimum Gasteiger partial charge on any atom is -0.0528 e. The number of rotatable bonds is 0. The molecule has 2 bridgehead atoms. The quantitative estimate of drug-likeness (QED) is 0.559. The third-order valence-corrected chi connectivity index (χ3v) is 7.55. The maximum absolute atomic E-state index is 1.67. The van der Waals surface area contributed by atoms with Gasteiger partial charge in [0.25, 0.3) is 0 Å². The van der Waals surface area contributed by atoms with E-state index in [1.54, 1.807) is 51.4 Å². The third kappa shape index (κ3) is 0.718. The fraction of sp³-hybridized carbons (Fsp3) is 1.00. The summed E-state index contributed by atoms with van der Waals surface area (Å²) in [5.74, 6) is 7.27. The SMILES string of the molecule is C1CC2CC3C4CC5(CCC45)C3CC2C1. The van der Waals surface area contributed by atoms with Crippen molar-refractivity contribution in [2.45, 2.75) is 51.4 Å². The van der Waals surface area contributed by atoms with Gasteiger partial charge in [0, 0.05) is 0 Å². The van der Waals surface area contributed by atoms with E-state index in [0.29, 0.717) is 0 Å². The van der Waals surface area contributed by atoms with Gasteiger partial charge in [-0.25, -0.2) is 0 Å². The zero-order chi connectivity index (χ0) is 9.62. The zero-order valence-corrected chi connectivity index (χ0v) is 9.62. The van der Waals surface area contributed by atoms with Crippen LogP contribution in [-0.4, -0.2) is 0 Å². The van der Waals surface area contributed by atoms with Crippen molar-refractivity contribution in [2.75, 3.05) is 0 Å². The van der Waals surface area contributed by atoms with E-state index in [4.69, 9.17) is 0 Å². The van der Waals surface area contributed by atoms with Gasteiger partial charge in [-0.2, -0.15) is 0 Å². The molecule has 5 aliphatic carbocycles. The lowest BCUT2D eigenvalue weighted by Crippen LogP contribution is -2.51. The molecular weight excluding hydrogens is 180 g/mol. The highest BCUT2D eigenvalue weighted by atomic mass is 14.8. The van der Waals surface area contributed by atoms with Crippen LogP contribution in [0.4, 0.5) is 0 Å². The molecule has 0 spiro atoms. The summed E-state index contributed by atoms with van der Waals surface area (Å²) < 4.78 is 0. The van der Waals surface area contributed by atoms with E-state index in [9.17, 15) is 0 Å². The van der Waals surface area contributed by atoms with E-state index >= 15 is 0 Å². The van der Waals surface area contributed by atoms with E-state index in [0.717, 1.165) is 5.41 Å². The van der Waals surface area contributed by atoms with Crippen molar-refractivity contribution in [2.24, 2.45) is 40.9 Å². The molecule has 0 aromatic heterocycles. The highest BCUT2D eigenvalue weighted by Gasteiger charge is 2.73. The lowest BCUT2D eigenvalue weighted by Gasteiger charge is -2.59. The van der Waals surface area contributed by atoms with Crippen LogP contribution in [0.3, 0.4) is 0 Å². The maximum atomic E-state index is 1.67. The van der Waals surface area contributed by atoms with Gasteiger partial charge < -0.3 is 0 Å². The summed E-state index contributed by atoms with van der Waals surface area (Å²) in [6.07, 6.45) is 13.0. The lowest BCUT2D eigenvalue weighted by molar-refractivity contribution is -0.0975. The first kappa shape index (κ1) is 8.14. The number of hydrogen-bond donors (Lipinski definition) is 0. The molecule has 5 rings (SSSR count). The topological polar surface area (TPSA) is 0 Å². The normalized spacial score (nSPS) is 68.8. The van der Waals surface area contributed by atoms with Crippen LogP contribution in [-0.2, 0) is 0 Å². The molecule has 0 aromatic rings. The molecule has 0 nitrogen and oxygen atoms in total. The molecule has 0 heteroatoms. The van der Waals surface area contributed by atoms with Gasteiger partial charge in [0.05, 0.1) is 0 Å². The summed E-state index contributed by atoms with van der Waals surface area (Å²) in [7, 11) is 0. The molecule has 0 N–H and O–H groups in total. The minimum atomic E-state index is 0.961. The van der Waals surface area contributed by atoms with Crippen LogP contribution in [0.1, 0.15) is 51.4 Å². The highest BCUT2D eigenvalue weighted by molar-refractivity contribution is 5.22. The van der Waals surface area contributed by atoms with Crippen LogP contribution in [0, 0.1) is 40.9 Å². The van der Waals surface area contributed by atoms with E-state index in [1.165, 1.54) is 35.5 Å². The van der Waals surface area contributed by atoms with Gasteiger partial charge in [-0.05, 0) is 73.0 Å². The highest BCUT2D eigenvalue weighted by Crippen LogP contribution is 2.81. The van der Waals surface area contributed by atoms with Crippen molar-refractivity contribution < 1.29 is 0 Å². The molecule has 0 aromatic carbocycles. The Kier molecular flexibility index (Phi) is 1.25. The van der Waals surface area contributed by atoms with Gasteiger partial charge in [0.15, 0.2) is 0 Å². The Labute approximate surface area is 92.8 Å². The Morgan fingerprint density at radius 2 is 1.67 bits per heavy atom. The summed E-state index contributed by atoms with van der Waals surface area (Å²) in [4.78, 5) is 0. The first-order chi connectivity index (χ1) is 7.38. The van der Waals surface area contributed by atoms with E-state index in [2.05, 4.69) is 0 Å². The predicted octanol–water partition coefficient (Wildman–Crippen LogP) is 3.86. The molecule has 5 fully saturated rings. The van der Waals surface area contributed by atoms with E-state index in [1.807, 2.05) is 0 Å². The monoisotopic (exact) mass is 202 g/mol. The van der Waals surface area contributed by atoms with Gasteiger partial charge in [-0.3, -0.25) is 0 Å². The molecule has 7 unspecified atom stereocenters. The fourth-order valence-corrected chi connectivity index (χ4v) is 6.94. The fourth-order valence-electron chi connectivity index (χ4n) is 6.94. The molecular formula is C15H22. The van der Waals surface area contributed by atoms with Gasteiger partial charge in [0.1, 0.15) is 0 Å². The number of hydrogen-bond acceptors (Lipinski definition) is 0. The largest absolute Gasteiger partial charge is 0.0528 e. The molecule has 5 saturated carbocycles. The Balaban J connectivity index is 1.52. The standard InChI is InChI=1S/C15H22/c1-2-9-6-11-12-8-15(5-4-13(12)15)14(11)7-10(9)3-1/h9-14H,1-8H2. The Hall–Kier alpha value is 0. The first-order valence-corrected chi connectivity index (χ1v) is 7.38. The minimum absolute atomic E-state index is 0.961. The molecule has 0 aliphatic heterocycles. The predicted molar refractivity (Wildman–Crippen MR) is 60.3 cm³/mol. The summed E-state index contributed by atoms with van der Waals surface area (Å²) in [5, 5.41) is 0. The van der Waals surface area contributed by atoms with Crippen molar-refractivity contribution in [1.82, 2.24) is 0 Å². The average molecular weight is 202 g/mol. The van der Waals surface area contributed by atoms with Crippen LogP contribution in [0.15, 0.2) is 0 Å². The van der Waals surface area contributed by atoms with Crippen LogP contribution in [0.2, 0.25) is 0 Å². The maximum Gasteiger partial charge on any atom is -0.0232 e. The second kappa shape index (κ2) is 2.31. The van der Waals surface area contributed by atoms with Crippen molar-refractivity contribution in [3.05, 3.63) is 0 Å². The number of fused-ring (bicyclic) bond motifs is 3. The molecule has 0 amide bonds. The summed E-state index contributed by atoms with van der Waals surface area (Å²) in [6.45, 7) is 0. The van der Waals surface area contributed by atoms with Gasteiger partial charge in [0.2, 0.25) is 0 Å². The second-order valence-corrected chi connectivity index (χ2v) is 7.44. The third-order valence-electron chi connectivity index (χ3n) is 7.55. The molecule has 82 valence electrons. The van der Waals surface area contributed by atoms with Crippen molar-refractivity contribution in [3.8, 4) is 0 Å². The lowest BCUT2D eigenvalue weighted by atomic mass is 9.46. The van der Waals surface area contributed by atoms with E-state index < -0.39 is 0 Å². The molecule has 5 aliphatic rings. The van der Waals surface area contributed by atoms with Crippen LogP contribution in [0.25, 0.3) is 0 Å². The Morgan fingerprint density at radius 3 is 2.40 bits per heavy atom. The smallest absolute Gasteiger partial charge is 0.0232 e. The van der Waals surface area contributed by atoms with Crippen LogP contribution >= 0.6 is 0 Å². The molecule has 15 heavy (non-hydrogen) atoms. The second-order valence-electron chi connectivity index (χ2n) is 7.44. The van der Waals surface area contributed by atoms with Crippen LogP contribution in [0.5, 0.6) is 0 Å². The van der Waals surface area contributed by atoms with Gasteiger partial charge >= 0.3 is 0 Å². The van der Waals surface area contributed by atoms with Gasteiger partial charge in [-0.1, -0.05) is 19.3 Å². The van der Waals surface area contributed by atoms with Crippen molar-refractivity contribution in [3.63, 3.8) is 0 Å². The summed E-state index contributed by atoms with van der Waals surface area (Å²) in [6, 6.07) is 0. The molecule has 7 atom stereocenters. The average Bonchev–Trinajstić information content (AvgIpc) is 2.82. The summed E-state index contributed by atoms with van der Waals surface area (Å²) >= 11 is 0. The Bertz CT molecular complexity index is 320. The molecule has 0 saturated heterocycles.